The van der Waals surface area contributed by atoms with E-state index in [1.165, 1.54) is 25.7 Å². The molecule has 1 aromatic carbocycles. The highest BCUT2D eigenvalue weighted by molar-refractivity contribution is 9.10. The Morgan fingerprint density at radius 1 is 1.35 bits per heavy atom. The van der Waals surface area contributed by atoms with Crippen LogP contribution in [-0.4, -0.2) is 17.9 Å². The molecule has 4 heteroatoms. The molecule has 0 radical (unpaired) electrons. The molecule has 2 nitrogen and oxygen atoms in total. The van der Waals surface area contributed by atoms with Gasteiger partial charge in [0.1, 0.15) is 0 Å². The highest BCUT2D eigenvalue weighted by Gasteiger charge is 2.37. The van der Waals surface area contributed by atoms with Crippen molar-refractivity contribution in [3.63, 3.8) is 0 Å². The first-order chi connectivity index (χ1) is 9.63. The van der Waals surface area contributed by atoms with Gasteiger partial charge in [-0.2, -0.15) is 0 Å². The number of ketones is 1. The second-order valence-electron chi connectivity index (χ2n) is 5.98. The first-order valence-corrected chi connectivity index (χ1v) is 8.53. The van der Waals surface area contributed by atoms with Crippen molar-refractivity contribution in [1.29, 1.82) is 0 Å². The molecule has 3 rings (SSSR count). The second kappa shape index (κ2) is 6.17. The second-order valence-corrected chi connectivity index (χ2v) is 7.31. The molecule has 1 aliphatic heterocycles. The highest BCUT2D eigenvalue weighted by atomic mass is 79.9. The van der Waals surface area contributed by atoms with Crippen LogP contribution >= 0.6 is 27.5 Å². The summed E-state index contributed by atoms with van der Waals surface area (Å²) in [6, 6.07) is 6.33. The number of fused-ring (bicyclic) bond motifs is 1. The summed E-state index contributed by atoms with van der Waals surface area (Å²) in [5.74, 6) is 0.988. The summed E-state index contributed by atoms with van der Waals surface area (Å²) >= 11 is 9.59. The lowest BCUT2D eigenvalue weighted by atomic mass is 9.84. The summed E-state index contributed by atoms with van der Waals surface area (Å²) in [7, 11) is 0. The molecule has 3 atom stereocenters. The Bertz CT molecular complexity index is 505. The number of hydrogen-bond donors (Lipinski definition) is 1. The Hall–Kier alpha value is -0.380. The summed E-state index contributed by atoms with van der Waals surface area (Å²) < 4.78 is 0.948. The molecule has 0 amide bonds. The predicted octanol–water partition coefficient (Wildman–Crippen LogP) is 4.13. The molecule has 0 spiro atoms. The van der Waals surface area contributed by atoms with Crippen LogP contribution in [0.5, 0.6) is 0 Å². The Balaban J connectivity index is 1.65. The predicted molar refractivity (Wildman–Crippen MR) is 85.1 cm³/mol. The molecular weight excluding hydrogens is 338 g/mol. The van der Waals surface area contributed by atoms with Gasteiger partial charge in [0.05, 0.1) is 6.04 Å². The third kappa shape index (κ3) is 3.10. The number of benzene rings is 1. The molecule has 2 fully saturated rings. The first-order valence-electron chi connectivity index (χ1n) is 7.36. The quantitative estimate of drug-likeness (QED) is 0.882. The SMILES string of the molecule is O=C(Cc1ccc(Br)cc1Cl)C1CC2CCCCC2N1. The molecule has 0 aromatic heterocycles. The average Bonchev–Trinajstić information content (AvgIpc) is 2.86. The molecule has 20 heavy (non-hydrogen) atoms. The molecule has 2 aliphatic rings. The normalized spacial score (nSPS) is 29.2. The number of Topliss-reactive ketones (excluding diaryl/α,β-unsaturated/α-hetero) is 1. The Morgan fingerprint density at radius 3 is 2.90 bits per heavy atom. The Kier molecular flexibility index (Phi) is 4.49. The van der Waals surface area contributed by atoms with Gasteiger partial charge >= 0.3 is 0 Å². The highest BCUT2D eigenvalue weighted by Crippen LogP contribution is 2.34. The maximum atomic E-state index is 12.5. The van der Waals surface area contributed by atoms with Gasteiger partial charge in [0.25, 0.3) is 0 Å². The van der Waals surface area contributed by atoms with Crippen molar-refractivity contribution in [2.45, 2.75) is 50.6 Å². The van der Waals surface area contributed by atoms with Gasteiger partial charge in [-0.15, -0.1) is 0 Å². The molecule has 1 N–H and O–H groups in total. The molecule has 3 unspecified atom stereocenters. The minimum absolute atomic E-state index is 0.0304. The van der Waals surface area contributed by atoms with E-state index in [0.717, 1.165) is 16.5 Å². The van der Waals surface area contributed by atoms with E-state index < -0.39 is 0 Å². The monoisotopic (exact) mass is 355 g/mol. The Labute approximate surface area is 133 Å². The van der Waals surface area contributed by atoms with E-state index in [0.29, 0.717) is 23.4 Å². The summed E-state index contributed by atoms with van der Waals surface area (Å²) in [4.78, 5) is 12.5. The van der Waals surface area contributed by atoms with E-state index in [-0.39, 0.29) is 11.8 Å². The number of nitrogens with one attached hydrogen (secondary N) is 1. The molecule has 0 bridgehead atoms. The zero-order valence-electron chi connectivity index (χ0n) is 11.4. The number of hydrogen-bond acceptors (Lipinski definition) is 2. The molecule has 1 aromatic rings. The fourth-order valence-electron chi connectivity index (χ4n) is 3.54. The fraction of sp³-hybridized carbons (Fsp3) is 0.562. The largest absolute Gasteiger partial charge is 0.304 e. The van der Waals surface area contributed by atoms with Crippen molar-refractivity contribution in [3.8, 4) is 0 Å². The zero-order chi connectivity index (χ0) is 14.1. The molecular formula is C16H19BrClNO. The van der Waals surface area contributed by atoms with Gasteiger partial charge < -0.3 is 5.32 Å². The zero-order valence-corrected chi connectivity index (χ0v) is 13.7. The average molecular weight is 357 g/mol. The standard InChI is InChI=1S/C16H19BrClNO/c17-12-6-5-10(13(18)9-12)8-16(20)15-7-11-3-1-2-4-14(11)19-15/h5-6,9,11,14-15,19H,1-4,7-8H2. The van der Waals surface area contributed by atoms with Gasteiger partial charge in [-0.25, -0.2) is 0 Å². The van der Waals surface area contributed by atoms with Crippen molar-refractivity contribution >= 4 is 33.3 Å². The van der Waals surface area contributed by atoms with Crippen LogP contribution in [0, 0.1) is 5.92 Å². The van der Waals surface area contributed by atoms with Crippen LogP contribution in [0.3, 0.4) is 0 Å². The van der Waals surface area contributed by atoms with Crippen LogP contribution in [-0.2, 0) is 11.2 Å². The first kappa shape index (κ1) is 14.6. The number of carbonyl (C=O) groups excluding carboxylic acids is 1. The minimum atomic E-state index is 0.0304. The van der Waals surface area contributed by atoms with Gasteiger partial charge in [0.2, 0.25) is 0 Å². The maximum Gasteiger partial charge on any atom is 0.154 e. The van der Waals surface area contributed by atoms with Crippen LogP contribution in [0.25, 0.3) is 0 Å². The van der Waals surface area contributed by atoms with E-state index in [1.807, 2.05) is 18.2 Å². The third-order valence-corrected chi connectivity index (χ3v) is 5.48. The number of halogens is 2. The van der Waals surface area contributed by atoms with Gasteiger partial charge in [-0.05, 0) is 42.9 Å². The van der Waals surface area contributed by atoms with E-state index in [9.17, 15) is 4.79 Å². The summed E-state index contributed by atoms with van der Waals surface area (Å²) in [6.07, 6.45) is 6.57. The van der Waals surface area contributed by atoms with Crippen molar-refractivity contribution in [1.82, 2.24) is 5.32 Å². The van der Waals surface area contributed by atoms with E-state index >= 15 is 0 Å². The lowest BCUT2D eigenvalue weighted by Crippen LogP contribution is -2.37. The third-order valence-electron chi connectivity index (χ3n) is 4.63. The van der Waals surface area contributed by atoms with Crippen LogP contribution in [0.4, 0.5) is 0 Å². The van der Waals surface area contributed by atoms with Crippen LogP contribution in [0.2, 0.25) is 5.02 Å². The maximum absolute atomic E-state index is 12.5. The van der Waals surface area contributed by atoms with Crippen molar-refractivity contribution in [2.24, 2.45) is 5.92 Å². The van der Waals surface area contributed by atoms with Gasteiger partial charge in [0.15, 0.2) is 5.78 Å². The van der Waals surface area contributed by atoms with Crippen LogP contribution in [0.1, 0.15) is 37.7 Å². The topological polar surface area (TPSA) is 29.1 Å². The molecule has 1 aliphatic carbocycles. The summed E-state index contributed by atoms with van der Waals surface area (Å²) in [5, 5.41) is 4.21. The lowest BCUT2D eigenvalue weighted by molar-refractivity contribution is -0.120. The lowest BCUT2D eigenvalue weighted by Gasteiger charge is -2.24. The van der Waals surface area contributed by atoms with Crippen LogP contribution in [0.15, 0.2) is 22.7 Å². The van der Waals surface area contributed by atoms with Gasteiger partial charge in [-0.3, -0.25) is 4.79 Å². The number of carbonyl (C=O) groups is 1. The molecule has 108 valence electrons. The summed E-state index contributed by atoms with van der Waals surface area (Å²) in [6.45, 7) is 0. The molecule has 1 heterocycles. The molecule has 1 saturated heterocycles. The van der Waals surface area contributed by atoms with Gasteiger partial charge in [0, 0.05) is 22.0 Å². The van der Waals surface area contributed by atoms with Gasteiger partial charge in [-0.1, -0.05) is 46.4 Å². The van der Waals surface area contributed by atoms with E-state index in [4.69, 9.17) is 11.6 Å². The van der Waals surface area contributed by atoms with Crippen molar-refractivity contribution in [3.05, 3.63) is 33.3 Å². The van der Waals surface area contributed by atoms with Crippen molar-refractivity contribution in [2.75, 3.05) is 0 Å². The Morgan fingerprint density at radius 2 is 2.15 bits per heavy atom. The smallest absolute Gasteiger partial charge is 0.154 e. The van der Waals surface area contributed by atoms with Crippen molar-refractivity contribution < 1.29 is 4.79 Å². The minimum Gasteiger partial charge on any atom is -0.304 e. The number of rotatable bonds is 3. The fourth-order valence-corrected chi connectivity index (χ4v) is 4.28. The van der Waals surface area contributed by atoms with E-state index in [1.54, 1.807) is 0 Å². The summed E-state index contributed by atoms with van der Waals surface area (Å²) in [5.41, 5.74) is 0.927. The van der Waals surface area contributed by atoms with Crippen LogP contribution < -0.4 is 5.32 Å². The van der Waals surface area contributed by atoms with E-state index in [2.05, 4.69) is 21.2 Å². The molecule has 1 saturated carbocycles.